The van der Waals surface area contributed by atoms with Gasteiger partial charge in [0.1, 0.15) is 5.82 Å². The lowest BCUT2D eigenvalue weighted by Crippen LogP contribution is -2.30. The van der Waals surface area contributed by atoms with Gasteiger partial charge >= 0.3 is 5.97 Å². The van der Waals surface area contributed by atoms with Gasteiger partial charge in [-0.3, -0.25) is 4.79 Å². The van der Waals surface area contributed by atoms with E-state index < -0.39 is 23.6 Å². The Balaban J connectivity index is 2.04. The Labute approximate surface area is 180 Å². The van der Waals surface area contributed by atoms with Crippen molar-refractivity contribution in [2.75, 3.05) is 0 Å². The molecule has 160 valence electrons. The molecular formula is C25H25FN2O3. The summed E-state index contributed by atoms with van der Waals surface area (Å²) in [6.45, 7) is 1.67. The van der Waals surface area contributed by atoms with Crippen molar-refractivity contribution >= 4 is 22.8 Å². The third-order valence-electron chi connectivity index (χ3n) is 6.38. The highest BCUT2D eigenvalue weighted by Gasteiger charge is 2.35. The molecule has 1 heterocycles. The Morgan fingerprint density at radius 2 is 1.77 bits per heavy atom. The lowest BCUT2D eigenvalue weighted by molar-refractivity contribution is -0.121. The van der Waals surface area contributed by atoms with Crippen molar-refractivity contribution in [1.29, 1.82) is 0 Å². The highest BCUT2D eigenvalue weighted by molar-refractivity contribution is 6.08. The Morgan fingerprint density at radius 3 is 2.39 bits per heavy atom. The number of aromatic carboxylic acids is 1. The minimum Gasteiger partial charge on any atom is -0.478 e. The third-order valence-corrected chi connectivity index (χ3v) is 6.38. The number of nitrogens with zero attached hydrogens (tertiary/aromatic N) is 1. The zero-order chi connectivity index (χ0) is 22.1. The number of primary amides is 1. The molecule has 1 aliphatic carbocycles. The van der Waals surface area contributed by atoms with Gasteiger partial charge in [-0.15, -0.1) is 0 Å². The number of hydrogen-bond acceptors (Lipinski definition) is 3. The van der Waals surface area contributed by atoms with Crippen LogP contribution in [0.4, 0.5) is 4.39 Å². The smallest absolute Gasteiger partial charge is 0.336 e. The van der Waals surface area contributed by atoms with Gasteiger partial charge in [-0.1, -0.05) is 49.6 Å². The predicted molar refractivity (Wildman–Crippen MR) is 117 cm³/mol. The average molecular weight is 420 g/mol. The van der Waals surface area contributed by atoms with Crippen LogP contribution in [-0.4, -0.2) is 22.0 Å². The van der Waals surface area contributed by atoms with Crippen LogP contribution in [0.15, 0.2) is 42.5 Å². The maximum atomic E-state index is 15.3. The molecule has 31 heavy (non-hydrogen) atoms. The maximum absolute atomic E-state index is 15.3. The quantitative estimate of drug-likeness (QED) is 0.593. The monoisotopic (exact) mass is 420 g/mol. The van der Waals surface area contributed by atoms with Gasteiger partial charge in [-0.05, 0) is 43.4 Å². The van der Waals surface area contributed by atoms with Crippen LogP contribution in [-0.2, 0) is 4.79 Å². The molecule has 0 aliphatic heterocycles. The summed E-state index contributed by atoms with van der Waals surface area (Å²) in [5.41, 5.74) is 7.90. The molecule has 3 N–H and O–H groups in total. The maximum Gasteiger partial charge on any atom is 0.336 e. The Morgan fingerprint density at radius 1 is 1.10 bits per heavy atom. The lowest BCUT2D eigenvalue weighted by atomic mass is 9.74. The van der Waals surface area contributed by atoms with Crippen molar-refractivity contribution in [1.82, 2.24) is 4.98 Å². The number of aromatic nitrogens is 1. The summed E-state index contributed by atoms with van der Waals surface area (Å²) in [7, 11) is 0. The minimum absolute atomic E-state index is 0.0274. The van der Waals surface area contributed by atoms with Gasteiger partial charge in [0.25, 0.3) is 0 Å². The predicted octanol–water partition coefficient (Wildman–Crippen LogP) is 5.20. The summed E-state index contributed by atoms with van der Waals surface area (Å²) in [5, 5.41) is 10.3. The number of fused-ring (bicyclic) bond motifs is 1. The highest BCUT2D eigenvalue weighted by Crippen LogP contribution is 2.42. The van der Waals surface area contributed by atoms with Crippen molar-refractivity contribution in [3.63, 3.8) is 0 Å². The molecule has 1 saturated carbocycles. The third kappa shape index (κ3) is 3.78. The molecule has 1 aromatic heterocycles. The molecule has 0 saturated heterocycles. The lowest BCUT2D eigenvalue weighted by Gasteiger charge is -2.30. The van der Waals surface area contributed by atoms with Crippen LogP contribution in [0.5, 0.6) is 0 Å². The molecule has 1 fully saturated rings. The molecule has 3 aromatic rings. The standard InChI is InChI=1S/C25H25FN2O3/c1-14-19(25(30)31)22-18(28-23(14)16-10-6-3-7-11-16)13-12-17(26)21(22)20(24(27)29)15-8-4-2-5-9-15/h3,6-7,10-13,15,20H,2,4-5,8-9H2,1H3,(H2,27,29)(H,30,31)/t20-/m0/s1. The van der Waals surface area contributed by atoms with Crippen molar-refractivity contribution in [2.24, 2.45) is 11.7 Å². The van der Waals surface area contributed by atoms with Gasteiger partial charge in [-0.2, -0.15) is 0 Å². The van der Waals surface area contributed by atoms with Crippen molar-refractivity contribution in [3.05, 3.63) is 65.0 Å². The number of rotatable bonds is 5. The normalized spacial score (nSPS) is 15.7. The first-order chi connectivity index (χ1) is 14.9. The number of benzene rings is 2. The number of carbonyl (C=O) groups is 2. The van der Waals surface area contributed by atoms with Crippen LogP contribution >= 0.6 is 0 Å². The first-order valence-electron chi connectivity index (χ1n) is 10.6. The molecule has 0 bridgehead atoms. The van der Waals surface area contributed by atoms with Crippen LogP contribution in [0.25, 0.3) is 22.2 Å². The second-order valence-electron chi connectivity index (χ2n) is 8.26. The van der Waals surface area contributed by atoms with E-state index in [1.807, 2.05) is 30.3 Å². The number of carboxylic acid groups (broad SMARTS) is 1. The molecule has 0 radical (unpaired) electrons. The fraction of sp³-hybridized carbons (Fsp3) is 0.320. The van der Waals surface area contributed by atoms with E-state index in [-0.39, 0.29) is 22.4 Å². The van der Waals surface area contributed by atoms with Gasteiger partial charge in [0.05, 0.1) is 22.7 Å². The van der Waals surface area contributed by atoms with Gasteiger partial charge < -0.3 is 10.8 Å². The largest absolute Gasteiger partial charge is 0.478 e. The molecule has 0 unspecified atom stereocenters. The number of hydrogen-bond donors (Lipinski definition) is 2. The van der Waals surface area contributed by atoms with E-state index in [2.05, 4.69) is 0 Å². The van der Waals surface area contributed by atoms with Crippen LogP contribution in [0.3, 0.4) is 0 Å². The summed E-state index contributed by atoms with van der Waals surface area (Å²) in [5.74, 6) is -3.41. The van der Waals surface area contributed by atoms with Gasteiger partial charge in [0.2, 0.25) is 5.91 Å². The Kier molecular flexibility index (Phi) is 5.72. The second kappa shape index (κ2) is 8.46. The number of carbonyl (C=O) groups excluding carboxylic acids is 1. The summed E-state index contributed by atoms with van der Waals surface area (Å²) in [4.78, 5) is 29.6. The summed E-state index contributed by atoms with van der Waals surface area (Å²) in [6.07, 6.45) is 4.49. The van der Waals surface area contributed by atoms with Crippen molar-refractivity contribution in [3.8, 4) is 11.3 Å². The molecule has 1 atom stereocenters. The molecule has 0 spiro atoms. The SMILES string of the molecule is Cc1c(-c2ccccc2)nc2ccc(F)c([C@@H](C(N)=O)C3CCCCC3)c2c1C(=O)O. The van der Waals surface area contributed by atoms with Gasteiger partial charge in [-0.25, -0.2) is 14.2 Å². The topological polar surface area (TPSA) is 93.3 Å². The first-order valence-corrected chi connectivity index (χ1v) is 10.6. The number of amides is 1. The van der Waals surface area contributed by atoms with Gasteiger partial charge in [0.15, 0.2) is 0 Å². The molecule has 6 heteroatoms. The average Bonchev–Trinajstić information content (AvgIpc) is 2.76. The fourth-order valence-corrected chi connectivity index (χ4v) is 4.97. The van der Waals surface area contributed by atoms with E-state index in [0.29, 0.717) is 16.8 Å². The summed E-state index contributed by atoms with van der Waals surface area (Å²) < 4.78 is 15.3. The number of nitrogens with two attached hydrogens (primary N) is 1. The van der Waals surface area contributed by atoms with E-state index in [9.17, 15) is 14.7 Å². The summed E-state index contributed by atoms with van der Waals surface area (Å²) >= 11 is 0. The van der Waals surface area contributed by atoms with Crippen LogP contribution in [0, 0.1) is 18.7 Å². The van der Waals surface area contributed by atoms with E-state index in [0.717, 1.165) is 37.7 Å². The number of carboxylic acids is 1. The molecule has 5 nitrogen and oxygen atoms in total. The van der Waals surface area contributed by atoms with E-state index >= 15 is 4.39 Å². The zero-order valence-electron chi connectivity index (χ0n) is 17.4. The van der Waals surface area contributed by atoms with Crippen molar-refractivity contribution < 1.29 is 19.1 Å². The molecule has 4 rings (SSSR count). The molecular weight excluding hydrogens is 395 g/mol. The van der Waals surface area contributed by atoms with Gasteiger partial charge in [0, 0.05) is 16.5 Å². The van der Waals surface area contributed by atoms with Crippen molar-refractivity contribution in [2.45, 2.75) is 44.9 Å². The first kappa shape index (κ1) is 21.0. The summed E-state index contributed by atoms with van der Waals surface area (Å²) in [6, 6.07) is 12.0. The fourth-order valence-electron chi connectivity index (χ4n) is 4.97. The second-order valence-corrected chi connectivity index (χ2v) is 8.26. The minimum atomic E-state index is -1.18. The number of pyridine rings is 1. The van der Waals surface area contributed by atoms with Crippen LogP contribution < -0.4 is 5.73 Å². The van der Waals surface area contributed by atoms with Crippen LogP contribution in [0.2, 0.25) is 0 Å². The molecule has 1 aliphatic rings. The van der Waals surface area contributed by atoms with Crippen LogP contribution in [0.1, 0.15) is 59.5 Å². The van der Waals surface area contributed by atoms with E-state index in [4.69, 9.17) is 10.7 Å². The Bertz CT molecular complexity index is 1150. The zero-order valence-corrected chi connectivity index (χ0v) is 17.4. The molecule has 2 aromatic carbocycles. The highest BCUT2D eigenvalue weighted by atomic mass is 19.1. The Hall–Kier alpha value is -3.28. The van der Waals surface area contributed by atoms with E-state index in [1.54, 1.807) is 6.92 Å². The molecule has 1 amide bonds. The van der Waals surface area contributed by atoms with E-state index in [1.165, 1.54) is 12.1 Å². The number of halogens is 1.